The first-order valence-corrected chi connectivity index (χ1v) is 12.1. The molecule has 0 saturated heterocycles. The molecule has 36 heavy (non-hydrogen) atoms. The van der Waals surface area contributed by atoms with Gasteiger partial charge in [0.2, 0.25) is 5.91 Å². The van der Waals surface area contributed by atoms with E-state index in [0.717, 1.165) is 27.8 Å². The number of carbonyl (C=O) groups excluding carboxylic acids is 2. The number of fused-ring (bicyclic) bond motifs is 3. The van der Waals surface area contributed by atoms with E-state index < -0.39 is 24.0 Å². The fourth-order valence-electron chi connectivity index (χ4n) is 4.66. The Kier molecular flexibility index (Phi) is 7.90. The number of aliphatic carboxylic acids is 1. The van der Waals surface area contributed by atoms with Crippen LogP contribution in [0.5, 0.6) is 0 Å². The standard InChI is InChI=1S/C28H27ClN2O5/c29-19-11-9-18(10-12-19)15-16-31(25(27(30)34)13-14-26(32)33)28(35)36-17-24-22-7-3-1-5-20(22)21-6-2-4-8-23(21)24/h1-12,24-25H,13-17H2,(H2,30,34)(H,32,33)/t25-/m0/s1. The smallest absolute Gasteiger partial charge is 0.410 e. The van der Waals surface area contributed by atoms with Crippen LogP contribution in [0.3, 0.4) is 0 Å². The van der Waals surface area contributed by atoms with Crippen molar-refractivity contribution >= 4 is 29.6 Å². The molecule has 2 amide bonds. The van der Waals surface area contributed by atoms with Gasteiger partial charge in [-0.1, -0.05) is 72.3 Å². The lowest BCUT2D eigenvalue weighted by molar-refractivity contribution is -0.137. The number of halogens is 1. The van der Waals surface area contributed by atoms with Crippen LogP contribution in [0.15, 0.2) is 72.8 Å². The van der Waals surface area contributed by atoms with E-state index in [1.165, 1.54) is 4.90 Å². The molecule has 0 spiro atoms. The molecule has 4 rings (SSSR count). The van der Waals surface area contributed by atoms with E-state index >= 15 is 0 Å². The summed E-state index contributed by atoms with van der Waals surface area (Å²) in [6.07, 6.45) is -0.699. The molecule has 8 heteroatoms. The predicted octanol–water partition coefficient (Wildman–Crippen LogP) is 4.85. The Bertz CT molecular complexity index is 1220. The highest BCUT2D eigenvalue weighted by atomic mass is 35.5. The minimum atomic E-state index is -1.11. The molecule has 3 aromatic carbocycles. The lowest BCUT2D eigenvalue weighted by atomic mass is 9.98. The van der Waals surface area contributed by atoms with E-state index in [2.05, 4.69) is 0 Å². The van der Waals surface area contributed by atoms with Gasteiger partial charge < -0.3 is 15.6 Å². The monoisotopic (exact) mass is 506 g/mol. The van der Waals surface area contributed by atoms with Gasteiger partial charge in [-0.25, -0.2) is 4.79 Å². The zero-order valence-electron chi connectivity index (χ0n) is 19.6. The SMILES string of the molecule is NC(=O)[C@H](CCC(=O)O)N(CCc1ccc(Cl)cc1)C(=O)OCC1c2ccccc2-c2ccccc21. The number of hydrogen-bond acceptors (Lipinski definition) is 4. The summed E-state index contributed by atoms with van der Waals surface area (Å²) in [7, 11) is 0. The highest BCUT2D eigenvalue weighted by molar-refractivity contribution is 6.30. The van der Waals surface area contributed by atoms with Crippen molar-refractivity contribution in [3.05, 3.63) is 94.5 Å². The number of ether oxygens (including phenoxy) is 1. The maximum Gasteiger partial charge on any atom is 0.410 e. The summed E-state index contributed by atoms with van der Waals surface area (Å²) in [6, 6.07) is 22.0. The number of nitrogens with zero attached hydrogens (tertiary/aromatic N) is 1. The minimum absolute atomic E-state index is 0.0781. The van der Waals surface area contributed by atoms with Gasteiger partial charge in [0, 0.05) is 23.9 Å². The Balaban J connectivity index is 1.53. The van der Waals surface area contributed by atoms with Crippen molar-refractivity contribution < 1.29 is 24.2 Å². The number of primary amides is 1. The second kappa shape index (κ2) is 11.3. The third-order valence-electron chi connectivity index (χ3n) is 6.46. The number of carbonyl (C=O) groups is 3. The van der Waals surface area contributed by atoms with Gasteiger partial charge in [-0.05, 0) is 52.8 Å². The molecule has 0 aromatic heterocycles. The molecule has 1 aliphatic rings. The van der Waals surface area contributed by atoms with Crippen molar-refractivity contribution in [2.24, 2.45) is 5.73 Å². The van der Waals surface area contributed by atoms with Crippen molar-refractivity contribution in [3.8, 4) is 11.1 Å². The van der Waals surface area contributed by atoms with Gasteiger partial charge in [0.25, 0.3) is 0 Å². The summed E-state index contributed by atoms with van der Waals surface area (Å²) in [4.78, 5) is 38.0. The summed E-state index contributed by atoms with van der Waals surface area (Å²) < 4.78 is 5.76. The van der Waals surface area contributed by atoms with Crippen LogP contribution in [0, 0.1) is 0 Å². The molecule has 0 bridgehead atoms. The largest absolute Gasteiger partial charge is 0.481 e. The van der Waals surface area contributed by atoms with E-state index in [1.807, 2.05) is 60.7 Å². The number of rotatable bonds is 10. The maximum atomic E-state index is 13.3. The number of amides is 2. The van der Waals surface area contributed by atoms with Crippen LogP contribution in [0.4, 0.5) is 4.79 Å². The number of nitrogens with two attached hydrogens (primary N) is 1. The molecular weight excluding hydrogens is 480 g/mol. The quantitative estimate of drug-likeness (QED) is 0.408. The summed E-state index contributed by atoms with van der Waals surface area (Å²) in [5.41, 5.74) is 10.8. The molecule has 3 aromatic rings. The number of benzene rings is 3. The van der Waals surface area contributed by atoms with E-state index in [0.29, 0.717) is 11.4 Å². The molecule has 0 heterocycles. The van der Waals surface area contributed by atoms with Crippen LogP contribution in [-0.4, -0.2) is 47.2 Å². The lowest BCUT2D eigenvalue weighted by Gasteiger charge is -2.29. The molecule has 1 aliphatic carbocycles. The zero-order valence-corrected chi connectivity index (χ0v) is 20.4. The van der Waals surface area contributed by atoms with Gasteiger partial charge in [0.15, 0.2) is 0 Å². The van der Waals surface area contributed by atoms with Crippen molar-refractivity contribution in [3.63, 3.8) is 0 Å². The second-order valence-electron chi connectivity index (χ2n) is 8.72. The molecule has 1 atom stereocenters. The van der Waals surface area contributed by atoms with Crippen molar-refractivity contribution in [1.82, 2.24) is 4.90 Å². The van der Waals surface area contributed by atoms with Gasteiger partial charge in [-0.15, -0.1) is 0 Å². The van der Waals surface area contributed by atoms with Crippen molar-refractivity contribution in [1.29, 1.82) is 0 Å². The van der Waals surface area contributed by atoms with E-state index in [1.54, 1.807) is 12.1 Å². The first-order chi connectivity index (χ1) is 17.3. The van der Waals surface area contributed by atoms with Gasteiger partial charge in [0.05, 0.1) is 0 Å². The Morgan fingerprint density at radius 1 is 0.944 bits per heavy atom. The zero-order chi connectivity index (χ0) is 25.7. The summed E-state index contributed by atoms with van der Waals surface area (Å²) >= 11 is 5.96. The van der Waals surface area contributed by atoms with E-state index in [-0.39, 0.29) is 31.9 Å². The van der Waals surface area contributed by atoms with Crippen LogP contribution >= 0.6 is 11.6 Å². The summed E-state index contributed by atoms with van der Waals surface area (Å²) in [5.74, 6) is -2.00. The van der Waals surface area contributed by atoms with Gasteiger partial charge in [-0.3, -0.25) is 14.5 Å². The average Bonchev–Trinajstić information content (AvgIpc) is 3.19. The number of carboxylic acids is 1. The summed E-state index contributed by atoms with van der Waals surface area (Å²) in [6.45, 7) is 0.209. The maximum absolute atomic E-state index is 13.3. The molecule has 0 fully saturated rings. The molecule has 0 aliphatic heterocycles. The van der Waals surface area contributed by atoms with Gasteiger partial charge >= 0.3 is 12.1 Å². The Morgan fingerprint density at radius 3 is 2.08 bits per heavy atom. The average molecular weight is 507 g/mol. The van der Waals surface area contributed by atoms with E-state index in [4.69, 9.17) is 27.2 Å². The first kappa shape index (κ1) is 25.3. The molecule has 0 unspecified atom stereocenters. The molecule has 186 valence electrons. The lowest BCUT2D eigenvalue weighted by Crippen LogP contribution is -2.49. The van der Waals surface area contributed by atoms with Crippen LogP contribution < -0.4 is 5.73 Å². The molecule has 3 N–H and O–H groups in total. The van der Waals surface area contributed by atoms with Crippen LogP contribution in [0.25, 0.3) is 11.1 Å². The Hall–Kier alpha value is -3.84. The minimum Gasteiger partial charge on any atom is -0.481 e. The fourth-order valence-corrected chi connectivity index (χ4v) is 4.79. The highest BCUT2D eigenvalue weighted by Gasteiger charge is 2.33. The second-order valence-corrected chi connectivity index (χ2v) is 9.16. The van der Waals surface area contributed by atoms with Crippen molar-refractivity contribution in [2.75, 3.05) is 13.2 Å². The Labute approximate surface area is 214 Å². The third kappa shape index (κ3) is 5.69. The van der Waals surface area contributed by atoms with Crippen LogP contribution in [0.1, 0.15) is 35.4 Å². The normalized spacial score (nSPS) is 12.9. The van der Waals surface area contributed by atoms with Crippen LogP contribution in [-0.2, 0) is 20.7 Å². The molecule has 0 saturated carbocycles. The van der Waals surface area contributed by atoms with Crippen LogP contribution in [0.2, 0.25) is 5.02 Å². The fraction of sp³-hybridized carbons (Fsp3) is 0.250. The third-order valence-corrected chi connectivity index (χ3v) is 6.71. The Morgan fingerprint density at radius 2 is 1.53 bits per heavy atom. The molecular formula is C28H27ClN2O5. The predicted molar refractivity (Wildman–Crippen MR) is 137 cm³/mol. The molecule has 7 nitrogen and oxygen atoms in total. The highest BCUT2D eigenvalue weighted by Crippen LogP contribution is 2.44. The first-order valence-electron chi connectivity index (χ1n) is 11.7. The number of hydrogen-bond donors (Lipinski definition) is 2. The topological polar surface area (TPSA) is 110 Å². The number of carboxylic acid groups (broad SMARTS) is 1. The molecule has 0 radical (unpaired) electrons. The summed E-state index contributed by atoms with van der Waals surface area (Å²) in [5, 5.41) is 9.72. The van der Waals surface area contributed by atoms with Crippen molar-refractivity contribution in [2.45, 2.75) is 31.2 Å². The van der Waals surface area contributed by atoms with Gasteiger partial charge in [-0.2, -0.15) is 0 Å². The van der Waals surface area contributed by atoms with Gasteiger partial charge in [0.1, 0.15) is 12.6 Å². The van der Waals surface area contributed by atoms with E-state index in [9.17, 15) is 14.4 Å².